The van der Waals surface area contributed by atoms with Crippen LogP contribution in [0, 0.1) is 0 Å². The fourth-order valence-corrected chi connectivity index (χ4v) is 2.11. The summed E-state index contributed by atoms with van der Waals surface area (Å²) in [5.41, 5.74) is 0. The van der Waals surface area contributed by atoms with Gasteiger partial charge >= 0.3 is 11.9 Å². The fourth-order valence-electron chi connectivity index (χ4n) is 1.21. The van der Waals surface area contributed by atoms with E-state index in [2.05, 4.69) is 0 Å². The first kappa shape index (κ1) is 16.3. The maximum atomic E-state index is 11.0. The summed E-state index contributed by atoms with van der Waals surface area (Å²) in [4.78, 5) is 22.0. The first-order valence-corrected chi connectivity index (χ1v) is 7.25. The van der Waals surface area contributed by atoms with E-state index in [-0.39, 0.29) is 11.9 Å². The third-order valence-corrected chi connectivity index (χ3v) is 3.10. The number of ether oxygens (including phenoxy) is 2. The molecule has 17 heavy (non-hydrogen) atoms. The van der Waals surface area contributed by atoms with Crippen LogP contribution < -0.4 is 0 Å². The third-order valence-electron chi connectivity index (χ3n) is 1.95. The van der Waals surface area contributed by atoms with Gasteiger partial charge in [0.15, 0.2) is 0 Å². The van der Waals surface area contributed by atoms with E-state index in [1.54, 1.807) is 11.8 Å². The number of hydrogen-bond acceptors (Lipinski definition) is 5. The largest absolute Gasteiger partial charge is 0.466 e. The lowest BCUT2D eigenvalue weighted by atomic mass is 10.3. The van der Waals surface area contributed by atoms with Crippen molar-refractivity contribution in [3.05, 3.63) is 0 Å². The van der Waals surface area contributed by atoms with Crippen LogP contribution >= 0.6 is 11.8 Å². The number of hydrogen-bond donors (Lipinski definition) is 0. The summed E-state index contributed by atoms with van der Waals surface area (Å²) in [7, 11) is 0. The third kappa shape index (κ3) is 11.6. The minimum Gasteiger partial charge on any atom is -0.466 e. The monoisotopic (exact) mass is 262 g/mol. The second-order valence-corrected chi connectivity index (χ2v) is 4.65. The summed E-state index contributed by atoms with van der Waals surface area (Å²) in [5.74, 6) is 1.61. The molecular formula is C12H22O4S. The highest BCUT2D eigenvalue weighted by atomic mass is 32.2. The van der Waals surface area contributed by atoms with Gasteiger partial charge in [-0.05, 0) is 38.2 Å². The second kappa shape index (κ2) is 11.8. The van der Waals surface area contributed by atoms with Crippen molar-refractivity contribution < 1.29 is 19.1 Å². The van der Waals surface area contributed by atoms with E-state index in [9.17, 15) is 9.59 Å². The van der Waals surface area contributed by atoms with Crippen molar-refractivity contribution in [2.45, 2.75) is 39.5 Å². The fraction of sp³-hybridized carbons (Fsp3) is 0.833. The van der Waals surface area contributed by atoms with Crippen LogP contribution in [0.2, 0.25) is 0 Å². The molecule has 0 fully saturated rings. The minimum absolute atomic E-state index is 0.125. The zero-order valence-corrected chi connectivity index (χ0v) is 11.5. The van der Waals surface area contributed by atoms with Gasteiger partial charge in [0.25, 0.3) is 0 Å². The van der Waals surface area contributed by atoms with E-state index in [4.69, 9.17) is 9.47 Å². The standard InChI is InChI=1S/C12H22O4S/c1-3-15-11(13)7-5-9-17-10-6-8-12(14)16-4-2/h3-10H2,1-2H3. The van der Waals surface area contributed by atoms with Gasteiger partial charge in [-0.15, -0.1) is 0 Å². The zero-order valence-electron chi connectivity index (χ0n) is 10.7. The van der Waals surface area contributed by atoms with Crippen molar-refractivity contribution in [3.8, 4) is 0 Å². The van der Waals surface area contributed by atoms with Crippen molar-refractivity contribution in [2.24, 2.45) is 0 Å². The summed E-state index contributed by atoms with van der Waals surface area (Å²) >= 11 is 1.76. The Morgan fingerprint density at radius 1 is 0.882 bits per heavy atom. The van der Waals surface area contributed by atoms with Crippen LogP contribution in [0.3, 0.4) is 0 Å². The van der Waals surface area contributed by atoms with E-state index in [0.29, 0.717) is 26.1 Å². The normalized spacial score (nSPS) is 10.0. The Hall–Kier alpha value is -0.710. The number of carbonyl (C=O) groups is 2. The van der Waals surface area contributed by atoms with Gasteiger partial charge in [-0.25, -0.2) is 0 Å². The van der Waals surface area contributed by atoms with E-state index < -0.39 is 0 Å². The average Bonchev–Trinajstić information content (AvgIpc) is 2.28. The van der Waals surface area contributed by atoms with Crippen LogP contribution in [0.4, 0.5) is 0 Å². The van der Waals surface area contributed by atoms with E-state index in [0.717, 1.165) is 24.3 Å². The maximum absolute atomic E-state index is 11.0. The molecule has 100 valence electrons. The molecular weight excluding hydrogens is 240 g/mol. The molecule has 0 aromatic carbocycles. The second-order valence-electron chi connectivity index (χ2n) is 3.43. The lowest BCUT2D eigenvalue weighted by molar-refractivity contribution is -0.144. The molecule has 0 N–H and O–H groups in total. The first-order valence-electron chi connectivity index (χ1n) is 6.09. The van der Waals surface area contributed by atoms with Crippen molar-refractivity contribution in [3.63, 3.8) is 0 Å². The summed E-state index contributed by atoms with van der Waals surface area (Å²) in [6, 6.07) is 0. The van der Waals surface area contributed by atoms with Gasteiger partial charge in [0, 0.05) is 12.8 Å². The molecule has 0 aromatic rings. The lowest BCUT2D eigenvalue weighted by Gasteiger charge is -2.03. The molecule has 0 bridgehead atoms. The number of esters is 2. The van der Waals surface area contributed by atoms with Crippen LogP contribution in [-0.2, 0) is 19.1 Å². The molecule has 0 atom stereocenters. The van der Waals surface area contributed by atoms with E-state index in [1.807, 2.05) is 13.8 Å². The molecule has 0 unspecified atom stereocenters. The predicted molar refractivity (Wildman–Crippen MR) is 69.1 cm³/mol. The molecule has 0 aromatic heterocycles. The summed E-state index contributed by atoms with van der Waals surface area (Å²) in [6.07, 6.45) is 2.64. The molecule has 0 radical (unpaired) electrons. The smallest absolute Gasteiger partial charge is 0.305 e. The minimum atomic E-state index is -0.125. The topological polar surface area (TPSA) is 52.6 Å². The Morgan fingerprint density at radius 2 is 1.29 bits per heavy atom. The molecule has 4 nitrogen and oxygen atoms in total. The molecule has 0 spiro atoms. The Labute approximate surface area is 107 Å². The van der Waals surface area contributed by atoms with Crippen molar-refractivity contribution in [1.29, 1.82) is 0 Å². The Morgan fingerprint density at radius 3 is 1.65 bits per heavy atom. The molecule has 0 heterocycles. The van der Waals surface area contributed by atoms with Gasteiger partial charge in [-0.2, -0.15) is 11.8 Å². The first-order chi connectivity index (χ1) is 8.20. The van der Waals surface area contributed by atoms with Gasteiger partial charge in [0.2, 0.25) is 0 Å². The van der Waals surface area contributed by atoms with Crippen LogP contribution in [0.1, 0.15) is 39.5 Å². The van der Waals surface area contributed by atoms with E-state index >= 15 is 0 Å². The zero-order chi connectivity index (χ0) is 12.9. The van der Waals surface area contributed by atoms with Crippen molar-refractivity contribution in [1.82, 2.24) is 0 Å². The quantitative estimate of drug-likeness (QED) is 0.447. The van der Waals surface area contributed by atoms with Crippen LogP contribution in [0.25, 0.3) is 0 Å². The number of thioether (sulfide) groups is 1. The summed E-state index contributed by atoms with van der Waals surface area (Å²) in [6.45, 7) is 4.51. The Bertz CT molecular complexity index is 197. The highest BCUT2D eigenvalue weighted by Gasteiger charge is 2.02. The molecule has 0 rings (SSSR count). The molecule has 0 aliphatic carbocycles. The lowest BCUT2D eigenvalue weighted by Crippen LogP contribution is -2.05. The summed E-state index contributed by atoms with van der Waals surface area (Å²) < 4.78 is 9.64. The number of rotatable bonds is 10. The highest BCUT2D eigenvalue weighted by Crippen LogP contribution is 2.08. The summed E-state index contributed by atoms with van der Waals surface area (Å²) in [5, 5.41) is 0. The maximum Gasteiger partial charge on any atom is 0.305 e. The molecule has 0 saturated carbocycles. The van der Waals surface area contributed by atoms with Crippen molar-refractivity contribution >= 4 is 23.7 Å². The van der Waals surface area contributed by atoms with Crippen LogP contribution in [-0.4, -0.2) is 36.7 Å². The Kier molecular flexibility index (Phi) is 11.3. The van der Waals surface area contributed by atoms with Gasteiger partial charge in [0.05, 0.1) is 13.2 Å². The highest BCUT2D eigenvalue weighted by molar-refractivity contribution is 7.99. The van der Waals surface area contributed by atoms with Crippen LogP contribution in [0.5, 0.6) is 0 Å². The molecule has 0 amide bonds. The van der Waals surface area contributed by atoms with Crippen LogP contribution in [0.15, 0.2) is 0 Å². The molecule has 0 aliphatic heterocycles. The van der Waals surface area contributed by atoms with Gasteiger partial charge in [-0.1, -0.05) is 0 Å². The number of carbonyl (C=O) groups excluding carboxylic acids is 2. The predicted octanol–water partition coefficient (Wildman–Crippen LogP) is 2.41. The molecule has 0 aliphatic rings. The molecule has 5 heteroatoms. The SMILES string of the molecule is CCOC(=O)CCCSCCCC(=O)OCC. The van der Waals surface area contributed by atoms with Gasteiger partial charge < -0.3 is 9.47 Å². The van der Waals surface area contributed by atoms with Gasteiger partial charge in [-0.3, -0.25) is 9.59 Å². The Balaban J connectivity index is 3.18. The molecule has 0 saturated heterocycles. The van der Waals surface area contributed by atoms with Crippen molar-refractivity contribution in [2.75, 3.05) is 24.7 Å². The van der Waals surface area contributed by atoms with Gasteiger partial charge in [0.1, 0.15) is 0 Å². The average molecular weight is 262 g/mol. The van der Waals surface area contributed by atoms with E-state index in [1.165, 1.54) is 0 Å².